The van der Waals surface area contributed by atoms with E-state index in [4.69, 9.17) is 4.74 Å². The first kappa shape index (κ1) is 33.4. The number of carbonyl (C=O) groups excluding carboxylic acids is 5. The van der Waals surface area contributed by atoms with E-state index in [0.29, 0.717) is 25.3 Å². The molecule has 12 heteroatoms. The van der Waals surface area contributed by atoms with Gasteiger partial charge < -0.3 is 36.2 Å². The highest BCUT2D eigenvalue weighted by molar-refractivity contribution is 6.01. The van der Waals surface area contributed by atoms with Crippen molar-refractivity contribution in [2.75, 3.05) is 39.3 Å². The lowest BCUT2D eigenvalue weighted by molar-refractivity contribution is -0.132. The van der Waals surface area contributed by atoms with Gasteiger partial charge >= 0.3 is 0 Å². The predicted molar refractivity (Wildman–Crippen MR) is 168 cm³/mol. The van der Waals surface area contributed by atoms with E-state index in [0.717, 1.165) is 31.5 Å². The number of nitrogens with zero attached hydrogens (tertiary/aromatic N) is 1. The fraction of sp³-hybridized carbons (Fsp3) is 0.485. The van der Waals surface area contributed by atoms with Gasteiger partial charge in [0, 0.05) is 26.1 Å². The van der Waals surface area contributed by atoms with Crippen molar-refractivity contribution in [3.63, 3.8) is 0 Å². The summed E-state index contributed by atoms with van der Waals surface area (Å²) in [5.74, 6) is -2.28. The molecule has 0 radical (unpaired) electrons. The Kier molecular flexibility index (Phi) is 12.7. The van der Waals surface area contributed by atoms with Gasteiger partial charge in [-0.1, -0.05) is 48.9 Å². The molecule has 1 fully saturated rings. The summed E-state index contributed by atoms with van der Waals surface area (Å²) in [6.45, 7) is 4.98. The van der Waals surface area contributed by atoms with E-state index in [1.54, 1.807) is 24.3 Å². The molecule has 4 rings (SSSR count). The van der Waals surface area contributed by atoms with E-state index < -0.39 is 48.2 Å². The van der Waals surface area contributed by atoms with E-state index in [1.165, 1.54) is 13.3 Å². The molecule has 0 spiro atoms. The molecule has 5 N–H and O–H groups in total. The van der Waals surface area contributed by atoms with Crippen LogP contribution < -0.4 is 31.3 Å². The Morgan fingerprint density at radius 2 is 1.62 bits per heavy atom. The monoisotopic (exact) mass is 620 g/mol. The number of ether oxygens (including phenoxy) is 1. The van der Waals surface area contributed by atoms with E-state index in [-0.39, 0.29) is 31.0 Å². The normalized spacial score (nSPS) is 22.6. The van der Waals surface area contributed by atoms with Crippen LogP contribution in [0.3, 0.4) is 0 Å². The number of piperidine rings is 1. The average Bonchev–Trinajstić information content (AvgIpc) is 3.04. The van der Waals surface area contributed by atoms with Crippen molar-refractivity contribution in [3.05, 3.63) is 65.7 Å². The first-order valence-corrected chi connectivity index (χ1v) is 15.7. The third-order valence-electron chi connectivity index (χ3n) is 7.88. The second-order valence-electron chi connectivity index (χ2n) is 11.5. The summed E-state index contributed by atoms with van der Waals surface area (Å²) in [5, 5.41) is 13.8. The van der Waals surface area contributed by atoms with Crippen molar-refractivity contribution >= 4 is 29.5 Å². The summed E-state index contributed by atoms with van der Waals surface area (Å²) in [6, 6.07) is 12.9. The SMILES string of the molecule is C[C@@H]1NC(=O)C[C@@H](C(=O)NCCN2CCCCC2)NC(=O)c2ccccc2OCCCNC(=O)[C@H](Cc2ccccc2)NC1=O. The topological polar surface area (TPSA) is 158 Å². The molecule has 0 aromatic heterocycles. The van der Waals surface area contributed by atoms with Crippen molar-refractivity contribution in [1.82, 2.24) is 31.5 Å². The second-order valence-corrected chi connectivity index (χ2v) is 11.5. The second kappa shape index (κ2) is 17.1. The van der Waals surface area contributed by atoms with E-state index in [1.807, 2.05) is 30.3 Å². The lowest BCUT2D eigenvalue weighted by Gasteiger charge is -2.27. The minimum Gasteiger partial charge on any atom is -0.493 e. The number of likely N-dealkylation sites (tertiary alicyclic amines) is 1. The Balaban J connectivity index is 1.50. The van der Waals surface area contributed by atoms with E-state index in [9.17, 15) is 24.0 Å². The molecule has 2 aliphatic heterocycles. The van der Waals surface area contributed by atoms with Gasteiger partial charge in [0.2, 0.25) is 23.6 Å². The lowest BCUT2D eigenvalue weighted by atomic mass is 10.0. The standard InChI is InChI=1S/C33H44N6O6/c1-23-30(41)37-26(21-24-11-4-2-5-12-24)32(43)34-15-10-20-45-28-14-7-6-13-25(28)31(42)38-27(22-29(40)36-23)33(44)35-16-19-39-17-8-3-9-18-39/h2,4-7,11-14,23,26-27H,3,8-10,15-22H2,1H3,(H,34,43)(H,35,44)(H,36,40)(H,37,41)(H,38,42)/t23-,26-,27-/m0/s1. The van der Waals surface area contributed by atoms with Gasteiger partial charge in [0.15, 0.2) is 0 Å². The van der Waals surface area contributed by atoms with Crippen LogP contribution in [-0.4, -0.2) is 91.9 Å². The summed E-state index contributed by atoms with van der Waals surface area (Å²) in [5.41, 5.74) is 1.08. The molecule has 1 saturated heterocycles. The minimum absolute atomic E-state index is 0.208. The summed E-state index contributed by atoms with van der Waals surface area (Å²) in [4.78, 5) is 68.3. The fourth-order valence-electron chi connectivity index (χ4n) is 5.37. The van der Waals surface area contributed by atoms with Crippen LogP contribution in [0, 0.1) is 0 Å². The number of rotatable bonds is 6. The zero-order valence-electron chi connectivity index (χ0n) is 25.8. The largest absolute Gasteiger partial charge is 0.493 e. The van der Waals surface area contributed by atoms with Crippen LogP contribution in [0.1, 0.15) is 54.9 Å². The number of benzene rings is 2. The van der Waals surface area contributed by atoms with Gasteiger partial charge in [0.1, 0.15) is 23.9 Å². The molecule has 45 heavy (non-hydrogen) atoms. The van der Waals surface area contributed by atoms with Crippen LogP contribution in [0.25, 0.3) is 0 Å². The highest BCUT2D eigenvalue weighted by atomic mass is 16.5. The maximum absolute atomic E-state index is 13.4. The molecule has 2 aromatic rings. The Morgan fingerprint density at radius 1 is 0.889 bits per heavy atom. The Morgan fingerprint density at radius 3 is 2.40 bits per heavy atom. The Bertz CT molecular complexity index is 1320. The molecular formula is C33H44N6O6. The number of amides is 5. The van der Waals surface area contributed by atoms with Crippen LogP contribution >= 0.6 is 0 Å². The van der Waals surface area contributed by atoms with Gasteiger partial charge in [0.05, 0.1) is 18.6 Å². The van der Waals surface area contributed by atoms with Gasteiger partial charge in [-0.25, -0.2) is 0 Å². The minimum atomic E-state index is -1.20. The number of nitrogens with one attached hydrogen (secondary N) is 5. The summed E-state index contributed by atoms with van der Waals surface area (Å²) in [6.07, 6.45) is 3.76. The van der Waals surface area contributed by atoms with Crippen molar-refractivity contribution in [1.29, 1.82) is 0 Å². The van der Waals surface area contributed by atoms with Crippen molar-refractivity contribution in [3.8, 4) is 5.75 Å². The molecule has 0 unspecified atom stereocenters. The summed E-state index contributed by atoms with van der Waals surface area (Å²) >= 11 is 0. The molecule has 2 heterocycles. The smallest absolute Gasteiger partial charge is 0.255 e. The van der Waals surface area contributed by atoms with Crippen LogP contribution in [0.4, 0.5) is 0 Å². The van der Waals surface area contributed by atoms with Crippen LogP contribution in [0.2, 0.25) is 0 Å². The first-order valence-electron chi connectivity index (χ1n) is 15.7. The molecule has 2 aliphatic rings. The van der Waals surface area contributed by atoms with Gasteiger partial charge in [-0.3, -0.25) is 24.0 Å². The molecule has 0 saturated carbocycles. The highest BCUT2D eigenvalue weighted by Crippen LogP contribution is 2.18. The summed E-state index contributed by atoms with van der Waals surface area (Å²) in [7, 11) is 0. The lowest BCUT2D eigenvalue weighted by Crippen LogP contribution is -2.55. The molecule has 242 valence electrons. The van der Waals surface area contributed by atoms with Crippen LogP contribution in [0.15, 0.2) is 54.6 Å². The number of hydrogen-bond donors (Lipinski definition) is 5. The molecule has 0 aliphatic carbocycles. The molecule has 3 atom stereocenters. The van der Waals surface area contributed by atoms with E-state index >= 15 is 0 Å². The summed E-state index contributed by atoms with van der Waals surface area (Å²) < 4.78 is 5.87. The molecule has 0 bridgehead atoms. The first-order chi connectivity index (χ1) is 21.8. The maximum Gasteiger partial charge on any atom is 0.255 e. The van der Waals surface area contributed by atoms with Crippen LogP contribution in [-0.2, 0) is 25.6 Å². The van der Waals surface area contributed by atoms with Gasteiger partial charge in [-0.2, -0.15) is 0 Å². The number of fused-ring (bicyclic) bond motifs is 1. The number of hydrogen-bond acceptors (Lipinski definition) is 7. The highest BCUT2D eigenvalue weighted by Gasteiger charge is 2.29. The zero-order chi connectivity index (χ0) is 32.0. The quantitative estimate of drug-likeness (QED) is 0.321. The van der Waals surface area contributed by atoms with E-state index in [2.05, 4.69) is 31.5 Å². The third kappa shape index (κ3) is 10.6. The van der Waals surface area contributed by atoms with Crippen LogP contribution in [0.5, 0.6) is 5.75 Å². The van der Waals surface area contributed by atoms with Gasteiger partial charge in [0.25, 0.3) is 5.91 Å². The number of carbonyl (C=O) groups is 5. The van der Waals surface area contributed by atoms with Crippen molar-refractivity contribution in [2.24, 2.45) is 0 Å². The predicted octanol–water partition coefficient (Wildman–Crippen LogP) is 0.908. The van der Waals surface area contributed by atoms with Crippen molar-refractivity contribution in [2.45, 2.75) is 63.6 Å². The fourth-order valence-corrected chi connectivity index (χ4v) is 5.37. The third-order valence-corrected chi connectivity index (χ3v) is 7.88. The maximum atomic E-state index is 13.4. The zero-order valence-corrected chi connectivity index (χ0v) is 25.8. The Hall–Kier alpha value is -4.45. The molecular weight excluding hydrogens is 576 g/mol. The van der Waals surface area contributed by atoms with Gasteiger partial charge in [-0.15, -0.1) is 0 Å². The van der Waals surface area contributed by atoms with Gasteiger partial charge in [-0.05, 0) is 57.0 Å². The average molecular weight is 621 g/mol. The Labute approximate surface area is 264 Å². The molecule has 12 nitrogen and oxygen atoms in total. The van der Waals surface area contributed by atoms with Crippen molar-refractivity contribution < 1.29 is 28.7 Å². The molecule has 2 aromatic carbocycles. The molecule has 5 amide bonds. The number of para-hydroxylation sites is 1.